The molecule has 0 radical (unpaired) electrons. The number of rotatable bonds is 33. The Morgan fingerprint density at radius 1 is 0.420 bits per heavy atom. The highest BCUT2D eigenvalue weighted by atomic mass is 16.5. The van der Waals surface area contributed by atoms with Crippen LogP contribution in [0.25, 0.3) is 84.3 Å². The molecule has 1 spiro atoms. The van der Waals surface area contributed by atoms with Gasteiger partial charge in [-0.15, -0.1) is 0 Å². The van der Waals surface area contributed by atoms with Crippen LogP contribution in [0.5, 0.6) is 0 Å². The van der Waals surface area contributed by atoms with Crippen LogP contribution in [0, 0.1) is 63.7 Å². The summed E-state index contributed by atoms with van der Waals surface area (Å²) in [6.07, 6.45) is 56.8. The lowest BCUT2D eigenvalue weighted by Crippen LogP contribution is -2.49. The molecule has 21 rings (SSSR count). The lowest BCUT2D eigenvalue weighted by atomic mass is 9.54. The third-order valence-corrected chi connectivity index (χ3v) is 27.2. The van der Waals surface area contributed by atoms with Gasteiger partial charge < -0.3 is 34.4 Å². The van der Waals surface area contributed by atoms with Crippen LogP contribution in [0.1, 0.15) is 208 Å². The van der Waals surface area contributed by atoms with Gasteiger partial charge in [0, 0.05) is 197 Å². The summed E-state index contributed by atoms with van der Waals surface area (Å²) in [5.74, 6) is 5.87. The Hall–Kier alpha value is -13.7. The summed E-state index contributed by atoms with van der Waals surface area (Å²) < 4.78 is 19.6. The number of hydrogen-bond donors (Lipinski definition) is 3. The molecule has 1 unspecified atom stereocenters. The number of nitrogens with one attached hydrogen (secondary N) is 3. The third-order valence-electron chi connectivity index (χ3n) is 27.2. The number of pyridine rings is 10. The Kier molecular flexibility index (Phi) is 30.7. The summed E-state index contributed by atoms with van der Waals surface area (Å²) in [6, 6.07) is 38.9. The fraction of sp³-hybridized carbons (Fsp3) is 0.414. The summed E-state index contributed by atoms with van der Waals surface area (Å²) in [4.78, 5) is 68.6. The molecule has 716 valence electrons. The van der Waals surface area contributed by atoms with E-state index >= 15 is 0 Å². The first-order valence-electron chi connectivity index (χ1n) is 50.1. The van der Waals surface area contributed by atoms with Gasteiger partial charge in [-0.05, 0) is 262 Å². The third kappa shape index (κ3) is 24.6. The minimum atomic E-state index is 0.00447. The van der Waals surface area contributed by atoms with E-state index in [1.54, 1.807) is 42.6 Å². The second kappa shape index (κ2) is 44.2. The van der Waals surface area contributed by atoms with Gasteiger partial charge in [0.05, 0.1) is 90.1 Å². The van der Waals surface area contributed by atoms with Gasteiger partial charge in [0.25, 0.3) is 16.7 Å². The normalized spacial score (nSPS) is 15.0. The predicted octanol–water partition coefficient (Wildman–Crippen LogP) is 21.3. The van der Waals surface area contributed by atoms with E-state index in [0.717, 1.165) is 218 Å². The van der Waals surface area contributed by atoms with E-state index in [1.807, 2.05) is 163 Å². The van der Waals surface area contributed by atoms with Crippen molar-refractivity contribution in [2.75, 3.05) is 29.2 Å². The largest absolute Gasteiger partial charge is 0.377 e. The zero-order chi connectivity index (χ0) is 95.9. The second-order valence-electron chi connectivity index (χ2n) is 39.1. The minimum Gasteiger partial charge on any atom is -0.377 e. The van der Waals surface area contributed by atoms with Gasteiger partial charge in [0.1, 0.15) is 17.5 Å². The van der Waals surface area contributed by atoms with Crippen LogP contribution in [0.2, 0.25) is 0 Å². The molecule has 1 saturated heterocycles. The molecule has 1 atom stereocenters. The van der Waals surface area contributed by atoms with Crippen molar-refractivity contribution in [1.82, 2.24) is 97.5 Å². The molecule has 1 aliphatic heterocycles. The van der Waals surface area contributed by atoms with Gasteiger partial charge in [-0.25, -0.2) is 38.4 Å². The summed E-state index contributed by atoms with van der Waals surface area (Å²) in [5, 5.41) is 33.1. The Balaban J connectivity index is 0.000000119. The van der Waals surface area contributed by atoms with Crippen LogP contribution in [-0.2, 0) is 50.1 Å². The fourth-order valence-electron chi connectivity index (χ4n) is 18.7. The van der Waals surface area contributed by atoms with Crippen molar-refractivity contribution in [1.29, 1.82) is 0 Å². The summed E-state index contributed by atoms with van der Waals surface area (Å²) in [7, 11) is 0. The average molecular weight is 1850 g/mol. The zero-order valence-electron chi connectivity index (χ0n) is 82.2. The van der Waals surface area contributed by atoms with Crippen molar-refractivity contribution in [3.05, 3.63) is 296 Å². The van der Waals surface area contributed by atoms with E-state index in [2.05, 4.69) is 186 Å². The summed E-state index contributed by atoms with van der Waals surface area (Å²) >= 11 is 0. The molecule has 27 nitrogen and oxygen atoms in total. The van der Waals surface area contributed by atoms with Crippen molar-refractivity contribution in [3.8, 4) is 84.3 Å². The van der Waals surface area contributed by atoms with Crippen molar-refractivity contribution in [2.24, 2.45) is 29.1 Å². The number of nitrogens with zero attached hydrogens (tertiary/aromatic N) is 20. The number of hydrogen-bond acceptors (Lipinski definition) is 19. The molecule has 6 fully saturated rings. The smallest absolute Gasteiger partial charge is 0.250 e. The Morgan fingerprint density at radius 2 is 0.877 bits per heavy atom. The number of ether oxygens (including phenoxy) is 1. The first-order valence-corrected chi connectivity index (χ1v) is 50.1. The Morgan fingerprint density at radius 3 is 1.33 bits per heavy atom. The molecule has 6 aliphatic rings. The van der Waals surface area contributed by atoms with Gasteiger partial charge in [0.15, 0.2) is 0 Å². The van der Waals surface area contributed by atoms with Gasteiger partial charge >= 0.3 is 0 Å². The fourth-order valence-corrected chi connectivity index (χ4v) is 18.7. The molecule has 5 saturated carbocycles. The van der Waals surface area contributed by atoms with E-state index < -0.39 is 0 Å². The average Bonchev–Trinajstić information content (AvgIpc) is 1.52. The van der Waals surface area contributed by atoms with Gasteiger partial charge in [0.2, 0.25) is 0 Å². The first kappa shape index (κ1) is 96.0. The van der Waals surface area contributed by atoms with Crippen LogP contribution in [0.3, 0.4) is 0 Å². The standard InChI is InChI=1S/C24H29N5O.C22H27N5O.2C22H26N4.C21H25N5O2/c1-3-11-28-16-20(5-8-23(28)30)29-15-18(14-25-29)21-6-7-22(26-17(21)2)27-19-12-24(13-19)9-4-10-24;1-4-11-26-14-19(7-10-22(26)28)27-13-18(12-23-27)20-8-9-21(25-16(20)3)24-15(2)17-5-6-17;1-3-4-20-12-21(9-10-23-20)26-15-19(14-25-26)22-16(2)11-18(13-24-22)8-7-17-5-6-17;1-3-4-20-13-21(11-12-23-20)26-15-19(14-24-26)22-10-9-18(16(2)25-22)8-7-17-5-6-17;1-14(2)9-25-11-18(4-7-21(25)27)26-10-16(8-22-26)19-5-6-20(23-15(19)3)24-17-12-28-13-17/h5-8,14-16,19H,3-4,9-13H2,1-2H3,(H,26,27);7-10,12-15,17H,4-6,11H2,1-3H3,(H,24,25);2*9-15,17H,3-8H2,1-2H3;4-8,10-11,14,17H,9,12-13H2,1-3H3,(H,23,24). The topological polar surface area (TPSA) is 291 Å². The van der Waals surface area contributed by atoms with Crippen molar-refractivity contribution >= 4 is 17.5 Å². The van der Waals surface area contributed by atoms with Crippen LogP contribution < -0.4 is 32.6 Å². The monoisotopic (exact) mass is 1850 g/mol. The highest BCUT2D eigenvalue weighted by molar-refractivity contribution is 5.70. The molecule has 3 N–H and O–H groups in total. The first-order chi connectivity index (χ1) is 67.0. The minimum absolute atomic E-state index is 0.00447. The van der Waals surface area contributed by atoms with Crippen LogP contribution >= 0.6 is 0 Å². The van der Waals surface area contributed by atoms with Crippen LogP contribution in [0.15, 0.2) is 229 Å². The van der Waals surface area contributed by atoms with E-state index in [0.29, 0.717) is 49.1 Å². The summed E-state index contributed by atoms with van der Waals surface area (Å²) in [6.45, 7) is 28.8. The molecule has 0 bridgehead atoms. The molecular formula is C111H133N23O4. The maximum absolute atomic E-state index is 12.1. The van der Waals surface area contributed by atoms with Crippen molar-refractivity contribution < 1.29 is 4.74 Å². The van der Waals surface area contributed by atoms with E-state index in [1.165, 1.54) is 100 Å². The molecule has 15 aromatic rings. The highest BCUT2D eigenvalue weighted by Crippen LogP contribution is 2.56. The highest BCUT2D eigenvalue weighted by Gasteiger charge is 2.48. The maximum Gasteiger partial charge on any atom is 0.250 e. The number of anilines is 3. The maximum atomic E-state index is 12.1. The van der Waals surface area contributed by atoms with E-state index in [-0.39, 0.29) is 16.7 Å². The molecule has 15 aromatic heterocycles. The zero-order valence-corrected chi connectivity index (χ0v) is 82.2. The van der Waals surface area contributed by atoms with E-state index in [4.69, 9.17) is 24.7 Å². The Bertz CT molecular complexity index is 6850. The van der Waals surface area contributed by atoms with E-state index in [9.17, 15) is 14.4 Å². The molecular weight excluding hydrogens is 1720 g/mol. The predicted molar refractivity (Wildman–Crippen MR) is 548 cm³/mol. The molecule has 0 aromatic carbocycles. The lowest BCUT2D eigenvalue weighted by molar-refractivity contribution is 0.0191. The molecule has 27 heteroatoms. The van der Waals surface area contributed by atoms with Gasteiger partial charge in [-0.3, -0.25) is 34.3 Å². The molecule has 5 aliphatic carbocycles. The van der Waals surface area contributed by atoms with Crippen LogP contribution in [-0.4, -0.2) is 129 Å². The Labute approximate surface area is 809 Å². The molecule has 138 heavy (non-hydrogen) atoms. The van der Waals surface area contributed by atoms with Gasteiger partial charge in [-0.1, -0.05) is 98.6 Å². The molecule has 16 heterocycles. The van der Waals surface area contributed by atoms with Crippen LogP contribution in [0.4, 0.5) is 17.5 Å². The SMILES string of the molecule is CCCc1cc(-n2cc(-c3ccc(CCC4CC4)c(C)n3)cn2)ccn1.CCCc1cc(-n2cc(-c3ncc(CCC4CC4)cc3C)cn2)ccn1.CCCn1cc(-n2cc(-c3ccc(NC(C)C4CC4)nc3C)cn2)ccc1=O.CCCn1cc(-n2cc(-c3ccc(NC4CC5(CCC5)C4)nc3C)cn2)ccc1=O.Cc1nc(NC2COC2)ccc1-c1cnn(-c2ccc(=O)n(CC(C)C)c2)c1. The molecule has 0 amide bonds. The summed E-state index contributed by atoms with van der Waals surface area (Å²) in [5.41, 5.74) is 26.0. The second-order valence-corrected chi connectivity index (χ2v) is 39.1. The quantitative estimate of drug-likeness (QED) is 0.0344. The van der Waals surface area contributed by atoms with Crippen molar-refractivity contribution in [3.63, 3.8) is 0 Å². The van der Waals surface area contributed by atoms with Crippen molar-refractivity contribution in [2.45, 2.75) is 256 Å². The number of aromatic nitrogens is 20. The number of aryl methyl sites for hydroxylation is 11. The van der Waals surface area contributed by atoms with Gasteiger partial charge in [-0.2, -0.15) is 25.5 Å². The lowest BCUT2D eigenvalue weighted by Gasteiger charge is -2.54.